The average molecular weight is 309 g/mol. The number of aryl methyl sites for hydroxylation is 1. The largest absolute Gasteiger partial charge is 0.363 e. The van der Waals surface area contributed by atoms with Crippen LogP contribution in [0.3, 0.4) is 0 Å². The van der Waals surface area contributed by atoms with Gasteiger partial charge in [0.1, 0.15) is 0 Å². The Kier molecular flexibility index (Phi) is 5.83. The van der Waals surface area contributed by atoms with Gasteiger partial charge in [0.25, 0.3) is 0 Å². The Morgan fingerprint density at radius 1 is 1.25 bits per heavy atom. The Labute approximate surface area is 129 Å². The van der Waals surface area contributed by atoms with Gasteiger partial charge in [-0.15, -0.1) is 0 Å². The average Bonchev–Trinajstić information content (AvgIpc) is 2.88. The van der Waals surface area contributed by atoms with Gasteiger partial charge in [-0.2, -0.15) is 5.10 Å². The van der Waals surface area contributed by atoms with Gasteiger partial charge in [-0.25, -0.2) is 0 Å². The molecule has 0 atom stereocenters. The lowest BCUT2D eigenvalue weighted by molar-refractivity contribution is 0.571. The van der Waals surface area contributed by atoms with Crippen molar-refractivity contribution in [1.29, 1.82) is 0 Å². The van der Waals surface area contributed by atoms with Crippen LogP contribution in [0.4, 0.5) is 0 Å². The highest BCUT2D eigenvalue weighted by Crippen LogP contribution is 2.04. The van der Waals surface area contributed by atoms with Crippen LogP contribution in [0.15, 0.2) is 42.7 Å². The fraction of sp³-hybridized carbons (Fsp3) is 0.286. The van der Waals surface area contributed by atoms with Crippen molar-refractivity contribution in [2.75, 3.05) is 6.54 Å². The van der Waals surface area contributed by atoms with E-state index < -0.39 is 0 Å². The van der Waals surface area contributed by atoms with E-state index in [2.05, 4.69) is 27.9 Å². The molecule has 2 aromatic rings. The normalized spacial score (nSPS) is 10.2. The lowest BCUT2D eigenvalue weighted by Gasteiger charge is -2.10. The van der Waals surface area contributed by atoms with Crippen molar-refractivity contribution in [3.8, 4) is 0 Å². The van der Waals surface area contributed by atoms with Crippen LogP contribution in [0, 0.1) is 0 Å². The number of thiocarbonyl (C=S) groups is 1. The summed E-state index contributed by atoms with van der Waals surface area (Å²) in [5.74, 6) is 0. The summed E-state index contributed by atoms with van der Waals surface area (Å²) in [6.07, 6.45) is 4.39. The zero-order valence-corrected chi connectivity index (χ0v) is 12.6. The zero-order chi connectivity index (χ0) is 14.2. The summed E-state index contributed by atoms with van der Waals surface area (Å²) in [6.45, 7) is 2.36. The molecule has 6 heteroatoms. The molecule has 106 valence electrons. The van der Waals surface area contributed by atoms with Gasteiger partial charge in [0.15, 0.2) is 5.11 Å². The van der Waals surface area contributed by atoms with E-state index in [1.54, 1.807) is 6.20 Å². The smallest absolute Gasteiger partial charge is 0.166 e. The Balaban J connectivity index is 1.58. The minimum Gasteiger partial charge on any atom is -0.363 e. The highest BCUT2D eigenvalue weighted by Gasteiger charge is 1.98. The molecule has 0 unspecified atom stereocenters. The molecule has 1 aromatic heterocycles. The Morgan fingerprint density at radius 2 is 2.05 bits per heavy atom. The van der Waals surface area contributed by atoms with E-state index in [1.165, 1.54) is 5.56 Å². The fourth-order valence-corrected chi connectivity index (χ4v) is 2.07. The first-order chi connectivity index (χ1) is 9.74. The number of hydrogen-bond donors (Lipinski definition) is 2. The number of nitrogens with one attached hydrogen (secondary N) is 2. The first-order valence-electron chi connectivity index (χ1n) is 6.47. The number of benzene rings is 1. The summed E-state index contributed by atoms with van der Waals surface area (Å²) in [7, 11) is 0. The predicted molar refractivity (Wildman–Crippen MR) is 85.7 cm³/mol. The number of hydrogen-bond acceptors (Lipinski definition) is 2. The molecule has 0 aliphatic heterocycles. The molecule has 0 saturated carbocycles. The van der Waals surface area contributed by atoms with E-state index in [-0.39, 0.29) is 0 Å². The number of nitrogens with zero attached hydrogens (tertiary/aromatic N) is 2. The van der Waals surface area contributed by atoms with Crippen LogP contribution in [0.5, 0.6) is 0 Å². The second-order valence-electron chi connectivity index (χ2n) is 4.37. The molecule has 0 saturated heterocycles. The number of aromatic nitrogens is 2. The maximum atomic E-state index is 5.79. The quantitative estimate of drug-likeness (QED) is 0.636. The number of rotatable bonds is 6. The van der Waals surface area contributed by atoms with E-state index in [9.17, 15) is 0 Å². The lowest BCUT2D eigenvalue weighted by Crippen LogP contribution is -2.35. The van der Waals surface area contributed by atoms with Gasteiger partial charge in [0.05, 0.1) is 11.2 Å². The molecule has 0 fully saturated rings. The molecule has 4 nitrogen and oxygen atoms in total. The molecular formula is C14H17ClN4S. The summed E-state index contributed by atoms with van der Waals surface area (Å²) in [4.78, 5) is 0. The lowest BCUT2D eigenvalue weighted by atomic mass is 10.2. The van der Waals surface area contributed by atoms with Gasteiger partial charge in [-0.3, -0.25) is 4.68 Å². The molecule has 0 bridgehead atoms. The molecule has 1 aromatic carbocycles. The molecule has 0 radical (unpaired) electrons. The third-order valence-corrected chi connectivity index (χ3v) is 3.23. The van der Waals surface area contributed by atoms with Gasteiger partial charge < -0.3 is 10.6 Å². The van der Waals surface area contributed by atoms with Gasteiger partial charge in [-0.1, -0.05) is 41.9 Å². The van der Waals surface area contributed by atoms with Crippen LogP contribution in [-0.4, -0.2) is 21.4 Å². The minimum absolute atomic E-state index is 0.665. The second-order valence-corrected chi connectivity index (χ2v) is 5.21. The van der Waals surface area contributed by atoms with Crippen molar-refractivity contribution in [3.05, 3.63) is 53.3 Å². The van der Waals surface area contributed by atoms with Gasteiger partial charge in [0.2, 0.25) is 0 Å². The van der Waals surface area contributed by atoms with Crippen molar-refractivity contribution >= 4 is 28.9 Å². The fourth-order valence-electron chi connectivity index (χ4n) is 1.74. The molecule has 2 N–H and O–H groups in total. The molecule has 0 aliphatic rings. The van der Waals surface area contributed by atoms with Crippen LogP contribution in [0.2, 0.25) is 5.02 Å². The summed E-state index contributed by atoms with van der Waals surface area (Å²) < 4.78 is 1.82. The Hall–Kier alpha value is -1.59. The van der Waals surface area contributed by atoms with Crippen molar-refractivity contribution < 1.29 is 0 Å². The van der Waals surface area contributed by atoms with Crippen molar-refractivity contribution in [1.82, 2.24) is 20.4 Å². The molecule has 2 rings (SSSR count). The van der Waals surface area contributed by atoms with Gasteiger partial charge >= 0.3 is 0 Å². The van der Waals surface area contributed by atoms with Crippen LogP contribution >= 0.6 is 23.8 Å². The van der Waals surface area contributed by atoms with E-state index >= 15 is 0 Å². The third-order valence-electron chi connectivity index (χ3n) is 2.75. The van der Waals surface area contributed by atoms with E-state index in [4.69, 9.17) is 23.8 Å². The maximum Gasteiger partial charge on any atom is 0.166 e. The second kappa shape index (κ2) is 7.87. The van der Waals surface area contributed by atoms with Gasteiger partial charge in [-0.05, 0) is 24.2 Å². The SMILES string of the molecule is S=C(NCCCn1cc(Cl)cn1)NCc1ccccc1. The minimum atomic E-state index is 0.665. The first kappa shape index (κ1) is 14.8. The zero-order valence-electron chi connectivity index (χ0n) is 11.1. The molecular weight excluding hydrogens is 292 g/mol. The van der Waals surface area contributed by atoms with Crippen LogP contribution in [0.25, 0.3) is 0 Å². The summed E-state index contributed by atoms with van der Waals surface area (Å²) in [5.41, 5.74) is 1.21. The van der Waals surface area contributed by atoms with E-state index in [0.717, 1.165) is 26.1 Å². The third kappa shape index (κ3) is 5.19. The standard InChI is InChI=1S/C14H17ClN4S/c15-13-10-18-19(11-13)8-4-7-16-14(20)17-9-12-5-2-1-3-6-12/h1-3,5-6,10-11H,4,7-9H2,(H2,16,17,20). The van der Waals surface area contributed by atoms with Crippen molar-refractivity contribution in [2.24, 2.45) is 0 Å². The summed E-state index contributed by atoms with van der Waals surface area (Å²) >= 11 is 11.0. The monoisotopic (exact) mass is 308 g/mol. The Morgan fingerprint density at radius 3 is 2.75 bits per heavy atom. The maximum absolute atomic E-state index is 5.79. The van der Waals surface area contributed by atoms with Crippen LogP contribution in [0.1, 0.15) is 12.0 Å². The van der Waals surface area contributed by atoms with Gasteiger partial charge in [0, 0.05) is 25.8 Å². The first-order valence-corrected chi connectivity index (χ1v) is 7.26. The van der Waals surface area contributed by atoms with Crippen LogP contribution < -0.4 is 10.6 Å². The highest BCUT2D eigenvalue weighted by atomic mass is 35.5. The van der Waals surface area contributed by atoms with E-state index in [1.807, 2.05) is 29.1 Å². The molecule has 20 heavy (non-hydrogen) atoms. The molecule has 0 aliphatic carbocycles. The predicted octanol–water partition coefficient (Wildman–Crippen LogP) is 2.59. The highest BCUT2D eigenvalue weighted by molar-refractivity contribution is 7.80. The van der Waals surface area contributed by atoms with Crippen molar-refractivity contribution in [3.63, 3.8) is 0 Å². The topological polar surface area (TPSA) is 41.9 Å². The van der Waals surface area contributed by atoms with Crippen LogP contribution in [-0.2, 0) is 13.1 Å². The Bertz CT molecular complexity index is 541. The summed E-state index contributed by atoms with van der Waals surface area (Å²) in [6, 6.07) is 10.2. The molecule has 0 amide bonds. The molecule has 1 heterocycles. The number of halogens is 1. The van der Waals surface area contributed by atoms with Crippen molar-refractivity contribution in [2.45, 2.75) is 19.5 Å². The molecule has 0 spiro atoms. The summed E-state index contributed by atoms with van der Waals surface area (Å²) in [5, 5.41) is 11.8. The van der Waals surface area contributed by atoms with E-state index in [0.29, 0.717) is 10.1 Å².